The van der Waals surface area contributed by atoms with Gasteiger partial charge in [0.05, 0.1) is 29.9 Å². The van der Waals surface area contributed by atoms with E-state index in [-0.39, 0.29) is 11.0 Å². The highest BCUT2D eigenvalue weighted by molar-refractivity contribution is 6.76. The highest BCUT2D eigenvalue weighted by atomic mass is 28.3. The first-order valence-electron chi connectivity index (χ1n) is 12.8. The maximum absolute atomic E-state index is 9.65. The number of nitrogens with zero attached hydrogens (tertiary/aromatic N) is 6. The summed E-state index contributed by atoms with van der Waals surface area (Å²) in [6, 6.07) is 5.64. The third-order valence-corrected chi connectivity index (χ3v) is 9.85. The standard InChI is InChI=1S/C27H40N6OSi/c1-20(2)27(21(3)4)16-26(17-27,9-10-28)33-15-22(14-31-33)24-23-8-11-32(25(23)30-18-29-24)19-34-12-13-35(5,6)7/h8,11,14-15,18,20-21H,9,12-13,16-17,19H2,1-7H3. The molecular weight excluding hydrogens is 452 g/mol. The zero-order chi connectivity index (χ0) is 25.4. The van der Waals surface area contributed by atoms with Crippen LogP contribution in [0.3, 0.4) is 0 Å². The van der Waals surface area contributed by atoms with E-state index in [1.807, 2.05) is 21.6 Å². The van der Waals surface area contributed by atoms with Crippen LogP contribution in [0.15, 0.2) is 31.0 Å². The molecule has 0 saturated heterocycles. The lowest BCUT2D eigenvalue weighted by atomic mass is 9.48. The maximum Gasteiger partial charge on any atom is 0.145 e. The minimum absolute atomic E-state index is 0.246. The summed E-state index contributed by atoms with van der Waals surface area (Å²) in [6.45, 7) is 17.6. The van der Waals surface area contributed by atoms with Gasteiger partial charge in [0, 0.05) is 38.0 Å². The molecule has 1 aliphatic rings. The van der Waals surface area contributed by atoms with E-state index in [1.165, 1.54) is 0 Å². The highest BCUT2D eigenvalue weighted by Crippen LogP contribution is 2.62. The van der Waals surface area contributed by atoms with Gasteiger partial charge in [-0.2, -0.15) is 10.4 Å². The van der Waals surface area contributed by atoms with Crippen LogP contribution in [0.4, 0.5) is 0 Å². The van der Waals surface area contributed by atoms with E-state index in [9.17, 15) is 5.26 Å². The minimum Gasteiger partial charge on any atom is -0.361 e. The van der Waals surface area contributed by atoms with Crippen LogP contribution in [0.25, 0.3) is 22.3 Å². The molecule has 3 heterocycles. The van der Waals surface area contributed by atoms with Gasteiger partial charge < -0.3 is 9.30 Å². The average molecular weight is 493 g/mol. The van der Waals surface area contributed by atoms with Crippen LogP contribution in [0.5, 0.6) is 0 Å². The van der Waals surface area contributed by atoms with Gasteiger partial charge in [-0.1, -0.05) is 47.3 Å². The van der Waals surface area contributed by atoms with Crippen LogP contribution in [-0.2, 0) is 17.0 Å². The average Bonchev–Trinajstić information content (AvgIpc) is 3.40. The van der Waals surface area contributed by atoms with Crippen LogP contribution in [0, 0.1) is 28.6 Å². The molecule has 3 aromatic heterocycles. The molecule has 0 N–H and O–H groups in total. The van der Waals surface area contributed by atoms with Gasteiger partial charge in [0.1, 0.15) is 18.7 Å². The normalized spacial score (nSPS) is 17.1. The second-order valence-corrected chi connectivity index (χ2v) is 17.8. The Morgan fingerprint density at radius 3 is 2.49 bits per heavy atom. The van der Waals surface area contributed by atoms with Crippen LogP contribution < -0.4 is 0 Å². The van der Waals surface area contributed by atoms with Gasteiger partial charge in [-0.3, -0.25) is 4.68 Å². The lowest BCUT2D eigenvalue weighted by molar-refractivity contribution is -0.101. The Balaban J connectivity index is 1.58. The molecule has 3 aromatic rings. The van der Waals surface area contributed by atoms with E-state index in [4.69, 9.17) is 9.84 Å². The maximum atomic E-state index is 9.65. The SMILES string of the molecule is CC(C)C1(C(C)C)CC(CC#N)(n2cc(-c3ncnc4c3ccn4COCC[Si](C)(C)C)cn2)C1. The molecule has 188 valence electrons. The zero-order valence-electron chi connectivity index (χ0n) is 22.4. The number of rotatable bonds is 10. The molecule has 0 unspecified atom stereocenters. The van der Waals surface area contributed by atoms with Crippen molar-refractivity contribution in [1.29, 1.82) is 5.26 Å². The van der Waals surface area contributed by atoms with Crippen molar-refractivity contribution < 1.29 is 4.74 Å². The van der Waals surface area contributed by atoms with E-state index >= 15 is 0 Å². The molecule has 0 spiro atoms. The number of ether oxygens (including phenoxy) is 1. The third-order valence-electron chi connectivity index (χ3n) is 8.15. The van der Waals surface area contributed by atoms with E-state index < -0.39 is 8.07 Å². The first-order valence-corrected chi connectivity index (χ1v) is 16.5. The van der Waals surface area contributed by atoms with Gasteiger partial charge in [-0.05, 0) is 42.2 Å². The van der Waals surface area contributed by atoms with Crippen LogP contribution in [-0.4, -0.2) is 39.0 Å². The molecule has 0 aliphatic heterocycles. The molecule has 0 atom stereocenters. The lowest BCUT2D eigenvalue weighted by Gasteiger charge is -2.60. The van der Waals surface area contributed by atoms with Gasteiger partial charge >= 0.3 is 0 Å². The van der Waals surface area contributed by atoms with Crippen molar-refractivity contribution in [3.05, 3.63) is 31.0 Å². The van der Waals surface area contributed by atoms with Crippen molar-refractivity contribution in [1.82, 2.24) is 24.3 Å². The van der Waals surface area contributed by atoms with Crippen molar-refractivity contribution in [3.63, 3.8) is 0 Å². The Bertz CT molecular complexity index is 1200. The largest absolute Gasteiger partial charge is 0.361 e. The fourth-order valence-corrected chi connectivity index (χ4v) is 6.51. The second-order valence-electron chi connectivity index (χ2n) is 12.2. The monoisotopic (exact) mass is 492 g/mol. The Hall–Kier alpha value is -2.50. The van der Waals surface area contributed by atoms with Crippen LogP contribution >= 0.6 is 0 Å². The van der Waals surface area contributed by atoms with E-state index in [0.717, 1.165) is 47.8 Å². The topological polar surface area (TPSA) is 81.5 Å². The summed E-state index contributed by atoms with van der Waals surface area (Å²) in [5.41, 5.74) is 2.69. The van der Waals surface area contributed by atoms with Crippen molar-refractivity contribution in [2.24, 2.45) is 17.3 Å². The molecular formula is C27H40N6OSi. The molecule has 1 aliphatic carbocycles. The van der Waals surface area contributed by atoms with Crippen LogP contribution in [0.2, 0.25) is 25.7 Å². The second kappa shape index (κ2) is 9.51. The quantitative estimate of drug-likeness (QED) is 0.245. The number of hydrogen-bond donors (Lipinski definition) is 0. The summed E-state index contributed by atoms with van der Waals surface area (Å²) in [6.07, 6.45) is 10.0. The van der Waals surface area contributed by atoms with Crippen molar-refractivity contribution in [3.8, 4) is 17.3 Å². The molecule has 7 nitrogen and oxygen atoms in total. The first kappa shape index (κ1) is 25.6. The molecule has 8 heteroatoms. The number of hydrogen-bond acceptors (Lipinski definition) is 5. The summed E-state index contributed by atoms with van der Waals surface area (Å²) < 4.78 is 10.0. The molecule has 0 radical (unpaired) electrons. The Labute approximate surface area is 210 Å². The summed E-state index contributed by atoms with van der Waals surface area (Å²) in [7, 11) is -1.12. The van der Waals surface area contributed by atoms with E-state index in [2.05, 4.69) is 75.6 Å². The van der Waals surface area contributed by atoms with Gasteiger partial charge in [0.15, 0.2) is 0 Å². The van der Waals surface area contributed by atoms with Crippen molar-refractivity contribution >= 4 is 19.1 Å². The van der Waals surface area contributed by atoms with Crippen molar-refractivity contribution in [2.75, 3.05) is 6.61 Å². The van der Waals surface area contributed by atoms with Gasteiger partial charge in [0.25, 0.3) is 0 Å². The van der Waals surface area contributed by atoms with E-state index in [1.54, 1.807) is 6.33 Å². The minimum atomic E-state index is -1.12. The predicted molar refractivity (Wildman–Crippen MR) is 142 cm³/mol. The summed E-state index contributed by atoms with van der Waals surface area (Å²) in [4.78, 5) is 9.15. The summed E-state index contributed by atoms with van der Waals surface area (Å²) in [5, 5.41) is 15.4. The van der Waals surface area contributed by atoms with E-state index in [0.29, 0.717) is 25.0 Å². The molecule has 1 fully saturated rings. The predicted octanol–water partition coefficient (Wildman–Crippen LogP) is 6.31. The first-order chi connectivity index (χ1) is 16.5. The fourth-order valence-electron chi connectivity index (χ4n) is 5.76. The number of fused-ring (bicyclic) bond motifs is 1. The Kier molecular flexibility index (Phi) is 6.95. The summed E-state index contributed by atoms with van der Waals surface area (Å²) in [5.74, 6) is 1.14. The lowest BCUT2D eigenvalue weighted by Crippen LogP contribution is -2.58. The Morgan fingerprint density at radius 1 is 1.14 bits per heavy atom. The van der Waals surface area contributed by atoms with Gasteiger partial charge in [-0.15, -0.1) is 0 Å². The molecule has 35 heavy (non-hydrogen) atoms. The third kappa shape index (κ3) is 4.81. The zero-order valence-corrected chi connectivity index (χ0v) is 23.4. The molecule has 1 saturated carbocycles. The van der Waals surface area contributed by atoms with Gasteiger partial charge in [-0.25, -0.2) is 9.97 Å². The Morgan fingerprint density at radius 2 is 1.86 bits per heavy atom. The van der Waals surface area contributed by atoms with Gasteiger partial charge in [0.2, 0.25) is 0 Å². The fraction of sp³-hybridized carbons (Fsp3) is 0.630. The molecule has 0 bridgehead atoms. The smallest absolute Gasteiger partial charge is 0.145 e. The summed E-state index contributed by atoms with van der Waals surface area (Å²) >= 11 is 0. The highest BCUT2D eigenvalue weighted by Gasteiger charge is 2.58. The van der Waals surface area contributed by atoms with Crippen molar-refractivity contribution in [2.45, 2.75) is 84.9 Å². The molecule has 0 amide bonds. The number of nitriles is 1. The molecule has 4 rings (SSSR count). The molecule has 0 aromatic carbocycles. The number of aromatic nitrogens is 5. The van der Waals surface area contributed by atoms with Crippen LogP contribution in [0.1, 0.15) is 47.0 Å².